The third-order valence-electron chi connectivity index (χ3n) is 2.24. The zero-order valence-electron chi connectivity index (χ0n) is 8.08. The Balaban J connectivity index is 2.90. The molecule has 98 valence electrons. The fourth-order valence-corrected chi connectivity index (χ4v) is 4.77. The first-order chi connectivity index (χ1) is 8.09. The highest BCUT2D eigenvalue weighted by Crippen LogP contribution is 2.51. The Morgan fingerprint density at radius 1 is 1.22 bits per heavy atom. The lowest BCUT2D eigenvalue weighted by molar-refractivity contribution is 0.0452. The van der Waals surface area contributed by atoms with E-state index in [2.05, 4.69) is 63.7 Å². The molecule has 1 N–H and O–H groups in total. The molecular weight excluding hydrogens is 528 g/mol. The number of fused-ring (bicyclic) bond motifs is 1. The van der Waals surface area contributed by atoms with Gasteiger partial charge < -0.3 is 4.74 Å². The molecule has 0 amide bonds. The maximum Gasteiger partial charge on any atom is 0.341 e. The highest BCUT2D eigenvalue weighted by atomic mass is 79.9. The SMILES string of the molecule is O=C1OC(Br)(S(=O)(=O)O)c2c1cc(Br)c(Br)c2Br. The van der Waals surface area contributed by atoms with E-state index in [1.807, 2.05) is 0 Å². The van der Waals surface area contributed by atoms with Gasteiger partial charge in [0, 0.05) is 13.4 Å². The van der Waals surface area contributed by atoms with Crippen molar-refractivity contribution < 1.29 is 22.5 Å². The molecule has 1 heterocycles. The van der Waals surface area contributed by atoms with Crippen molar-refractivity contribution in [1.29, 1.82) is 0 Å². The summed E-state index contributed by atoms with van der Waals surface area (Å²) in [5.74, 6) is -0.853. The Morgan fingerprint density at radius 3 is 2.28 bits per heavy atom. The normalized spacial score (nSPS) is 22.8. The quantitative estimate of drug-likeness (QED) is 0.261. The second-order valence-electron chi connectivity index (χ2n) is 3.31. The van der Waals surface area contributed by atoms with Crippen LogP contribution in [0, 0.1) is 0 Å². The van der Waals surface area contributed by atoms with E-state index in [-0.39, 0.29) is 15.6 Å². The number of carbonyl (C=O) groups excluding carboxylic acids is 1. The molecule has 5 nitrogen and oxygen atoms in total. The van der Waals surface area contributed by atoms with Crippen LogP contribution in [-0.2, 0) is 18.7 Å². The summed E-state index contributed by atoms with van der Waals surface area (Å²) in [5, 5.41) is 0. The van der Waals surface area contributed by atoms with Gasteiger partial charge in [0.1, 0.15) is 0 Å². The fourth-order valence-electron chi connectivity index (χ4n) is 1.45. The van der Waals surface area contributed by atoms with Gasteiger partial charge >= 0.3 is 19.9 Å². The van der Waals surface area contributed by atoms with Crippen LogP contribution in [0.1, 0.15) is 15.9 Å². The zero-order chi connectivity index (χ0) is 13.9. The van der Waals surface area contributed by atoms with Gasteiger partial charge in [-0.3, -0.25) is 4.55 Å². The first-order valence-corrected chi connectivity index (χ1v) is 8.78. The van der Waals surface area contributed by atoms with Gasteiger partial charge in [0.2, 0.25) is 0 Å². The van der Waals surface area contributed by atoms with Crippen molar-refractivity contribution in [3.05, 3.63) is 30.6 Å². The molecule has 1 aliphatic rings. The minimum absolute atomic E-state index is 0.00919. The van der Waals surface area contributed by atoms with Gasteiger partial charge in [-0.05, 0) is 69.8 Å². The predicted molar refractivity (Wildman–Crippen MR) is 77.1 cm³/mol. The summed E-state index contributed by atoms with van der Waals surface area (Å²) in [6.07, 6.45) is 0. The molecule has 1 aromatic rings. The highest BCUT2D eigenvalue weighted by Gasteiger charge is 2.55. The molecule has 0 bridgehead atoms. The summed E-state index contributed by atoms with van der Waals surface area (Å²) in [6, 6.07) is 1.40. The summed E-state index contributed by atoms with van der Waals surface area (Å²) < 4.78 is 35.8. The monoisotopic (exact) mass is 526 g/mol. The third-order valence-corrected chi connectivity index (χ3v) is 8.28. The molecule has 0 aromatic heterocycles. The summed E-state index contributed by atoms with van der Waals surface area (Å²) in [5.41, 5.74) is 0.0246. The van der Waals surface area contributed by atoms with Crippen molar-refractivity contribution in [2.75, 3.05) is 0 Å². The topological polar surface area (TPSA) is 80.7 Å². The zero-order valence-corrected chi connectivity index (χ0v) is 15.2. The van der Waals surface area contributed by atoms with Crippen molar-refractivity contribution in [3.63, 3.8) is 0 Å². The van der Waals surface area contributed by atoms with E-state index in [4.69, 9.17) is 4.74 Å². The highest BCUT2D eigenvalue weighted by molar-refractivity contribution is 9.14. The van der Waals surface area contributed by atoms with Crippen molar-refractivity contribution in [2.45, 2.75) is 3.84 Å². The number of alkyl halides is 1. The molecule has 0 fully saturated rings. The van der Waals surface area contributed by atoms with Crippen LogP contribution in [0.5, 0.6) is 0 Å². The number of benzene rings is 1. The predicted octanol–water partition coefficient (Wildman–Crippen LogP) is 3.54. The summed E-state index contributed by atoms with van der Waals surface area (Å²) in [7, 11) is -4.69. The lowest BCUT2D eigenvalue weighted by atomic mass is 10.1. The van der Waals surface area contributed by atoms with Crippen LogP contribution in [-0.4, -0.2) is 18.9 Å². The Labute approximate surface area is 136 Å². The largest absolute Gasteiger partial charge is 0.421 e. The molecule has 1 unspecified atom stereocenters. The minimum Gasteiger partial charge on any atom is -0.421 e. The molecule has 2 rings (SSSR count). The number of esters is 1. The maximum atomic E-state index is 11.7. The van der Waals surface area contributed by atoms with E-state index >= 15 is 0 Å². The molecule has 1 atom stereocenters. The van der Waals surface area contributed by atoms with Gasteiger partial charge in [0.15, 0.2) is 0 Å². The summed E-state index contributed by atoms with van der Waals surface area (Å²) in [4.78, 5) is 11.7. The molecular formula is C8H2Br4O5S. The van der Waals surface area contributed by atoms with Crippen LogP contribution in [0.15, 0.2) is 19.5 Å². The van der Waals surface area contributed by atoms with E-state index in [0.29, 0.717) is 8.95 Å². The van der Waals surface area contributed by atoms with Crippen molar-refractivity contribution in [2.24, 2.45) is 0 Å². The van der Waals surface area contributed by atoms with Gasteiger partial charge in [-0.2, -0.15) is 8.42 Å². The number of rotatable bonds is 1. The molecule has 0 saturated carbocycles. The van der Waals surface area contributed by atoms with Gasteiger partial charge in [0.25, 0.3) is 0 Å². The Hall–Kier alpha value is 0.520. The number of hydrogen-bond acceptors (Lipinski definition) is 4. The molecule has 0 saturated heterocycles. The first-order valence-electron chi connectivity index (χ1n) is 4.17. The molecule has 0 aliphatic carbocycles. The van der Waals surface area contributed by atoms with Crippen LogP contribution >= 0.6 is 63.7 Å². The maximum absolute atomic E-state index is 11.7. The number of carbonyl (C=O) groups is 1. The van der Waals surface area contributed by atoms with E-state index in [1.54, 1.807) is 0 Å². The fraction of sp³-hybridized carbons (Fsp3) is 0.125. The molecule has 10 heteroatoms. The van der Waals surface area contributed by atoms with Crippen molar-refractivity contribution in [1.82, 2.24) is 0 Å². The number of halogens is 4. The van der Waals surface area contributed by atoms with Crippen molar-refractivity contribution >= 4 is 79.8 Å². The Bertz CT molecular complexity index is 671. The van der Waals surface area contributed by atoms with Gasteiger partial charge in [-0.1, -0.05) is 0 Å². The average Bonchev–Trinajstić information content (AvgIpc) is 2.48. The smallest absolute Gasteiger partial charge is 0.341 e. The lowest BCUT2D eigenvalue weighted by Crippen LogP contribution is -2.29. The Morgan fingerprint density at radius 2 is 1.78 bits per heavy atom. The summed E-state index contributed by atoms with van der Waals surface area (Å²) in [6.45, 7) is 0. The third kappa shape index (κ3) is 2.01. The van der Waals surface area contributed by atoms with E-state index in [9.17, 15) is 17.8 Å². The second kappa shape index (κ2) is 4.52. The second-order valence-corrected chi connectivity index (χ2v) is 8.92. The van der Waals surface area contributed by atoms with Crippen LogP contribution in [0.2, 0.25) is 0 Å². The van der Waals surface area contributed by atoms with Crippen molar-refractivity contribution in [3.8, 4) is 0 Å². The molecule has 1 aromatic carbocycles. The molecule has 0 radical (unpaired) electrons. The Kier molecular flexibility index (Phi) is 3.75. The van der Waals surface area contributed by atoms with Crippen LogP contribution < -0.4 is 0 Å². The molecule has 18 heavy (non-hydrogen) atoms. The average molecular weight is 530 g/mol. The van der Waals surface area contributed by atoms with Gasteiger partial charge in [-0.15, -0.1) is 0 Å². The lowest BCUT2D eigenvalue weighted by Gasteiger charge is -2.19. The summed E-state index contributed by atoms with van der Waals surface area (Å²) >= 11 is 12.3. The van der Waals surface area contributed by atoms with E-state index in [1.165, 1.54) is 6.07 Å². The minimum atomic E-state index is -4.69. The standard InChI is InChI=1S/C8H2Br4O5S/c9-3-1-2-4(6(11)5(3)10)8(12,17-7(2)13)18(14,15)16/h1H,(H,14,15,16). The number of cyclic esters (lactones) is 1. The van der Waals surface area contributed by atoms with E-state index in [0.717, 1.165) is 0 Å². The van der Waals surface area contributed by atoms with Crippen LogP contribution in [0.25, 0.3) is 0 Å². The van der Waals surface area contributed by atoms with Gasteiger partial charge in [-0.25, -0.2) is 4.79 Å². The van der Waals surface area contributed by atoms with Gasteiger partial charge in [0.05, 0.1) is 11.1 Å². The molecule has 1 aliphatic heterocycles. The van der Waals surface area contributed by atoms with Crippen LogP contribution in [0.4, 0.5) is 0 Å². The first kappa shape index (κ1) is 14.9. The number of ether oxygens (including phenoxy) is 1. The molecule has 0 spiro atoms. The van der Waals surface area contributed by atoms with Crippen LogP contribution in [0.3, 0.4) is 0 Å². The number of hydrogen-bond donors (Lipinski definition) is 1. The van der Waals surface area contributed by atoms with E-state index < -0.39 is 19.9 Å².